The lowest BCUT2D eigenvalue weighted by Gasteiger charge is -2.20. The second kappa shape index (κ2) is 5.13. The van der Waals surface area contributed by atoms with Gasteiger partial charge in [0.05, 0.1) is 10.9 Å². The Morgan fingerprint density at radius 3 is 2.10 bits per heavy atom. The van der Waals surface area contributed by atoms with E-state index in [1.165, 1.54) is 0 Å². The zero-order valence-corrected chi connectivity index (χ0v) is 11.6. The summed E-state index contributed by atoms with van der Waals surface area (Å²) in [6.45, 7) is 0. The third kappa shape index (κ3) is 2.23. The van der Waals surface area contributed by atoms with Crippen molar-refractivity contribution in [3.8, 4) is 0 Å². The summed E-state index contributed by atoms with van der Waals surface area (Å²) >= 11 is 0. The number of benzene rings is 2. The largest absolute Gasteiger partial charge is 0.383 e. The van der Waals surface area contributed by atoms with Gasteiger partial charge < -0.3 is 5.32 Å². The molecule has 2 aromatic rings. The maximum absolute atomic E-state index is 12.7. The van der Waals surface area contributed by atoms with E-state index in [0.29, 0.717) is 4.90 Å². The van der Waals surface area contributed by atoms with Gasteiger partial charge in [-0.15, -0.1) is 0 Å². The average molecular weight is 285 g/mol. The minimum atomic E-state index is -3.39. The topological polar surface area (TPSA) is 46.2 Å². The van der Waals surface area contributed by atoms with Crippen LogP contribution in [0.25, 0.3) is 0 Å². The summed E-state index contributed by atoms with van der Waals surface area (Å²) in [5.74, 6) is 0. The summed E-state index contributed by atoms with van der Waals surface area (Å²) in [5, 5.41) is 2.56. The monoisotopic (exact) mass is 285 g/mol. The van der Waals surface area contributed by atoms with Crippen molar-refractivity contribution in [2.24, 2.45) is 0 Å². The number of hydrogen-bond acceptors (Lipinski definition) is 3. The van der Waals surface area contributed by atoms with Crippen molar-refractivity contribution < 1.29 is 8.42 Å². The van der Waals surface area contributed by atoms with Gasteiger partial charge in [0.1, 0.15) is 5.25 Å². The molecule has 0 amide bonds. The van der Waals surface area contributed by atoms with Crippen LogP contribution in [0.15, 0.2) is 77.8 Å². The summed E-state index contributed by atoms with van der Waals surface area (Å²) < 4.78 is 25.5. The summed E-state index contributed by atoms with van der Waals surface area (Å²) in [6, 6.07) is 18.0. The highest BCUT2D eigenvalue weighted by molar-refractivity contribution is 7.92. The summed E-state index contributed by atoms with van der Waals surface area (Å²) in [4.78, 5) is 0.360. The SMILES string of the molecule is O=S(=O)(c1ccccc1)C1C=CNC1c1ccccc1. The molecule has 0 bridgehead atoms. The molecule has 3 rings (SSSR count). The Balaban J connectivity index is 1.99. The molecular weight excluding hydrogens is 270 g/mol. The van der Waals surface area contributed by atoms with Crippen LogP contribution in [0.3, 0.4) is 0 Å². The van der Waals surface area contributed by atoms with Crippen LogP contribution < -0.4 is 5.32 Å². The zero-order valence-electron chi connectivity index (χ0n) is 10.8. The highest BCUT2D eigenvalue weighted by atomic mass is 32.2. The van der Waals surface area contributed by atoms with E-state index in [9.17, 15) is 8.42 Å². The standard InChI is InChI=1S/C16H15NO2S/c18-20(19,14-9-5-2-6-10-14)15-11-12-17-16(15)13-7-3-1-4-8-13/h1-12,15-17H. The van der Waals surface area contributed by atoms with Gasteiger partial charge in [-0.25, -0.2) is 8.42 Å². The lowest BCUT2D eigenvalue weighted by atomic mass is 10.1. The van der Waals surface area contributed by atoms with Gasteiger partial charge in [0.2, 0.25) is 0 Å². The maximum Gasteiger partial charge on any atom is 0.187 e. The van der Waals surface area contributed by atoms with Crippen LogP contribution in [-0.2, 0) is 9.84 Å². The summed E-state index contributed by atoms with van der Waals surface area (Å²) in [6.07, 6.45) is 3.45. The van der Waals surface area contributed by atoms with Gasteiger partial charge in [-0.3, -0.25) is 0 Å². The van der Waals surface area contributed by atoms with E-state index >= 15 is 0 Å². The Morgan fingerprint density at radius 1 is 0.850 bits per heavy atom. The Morgan fingerprint density at radius 2 is 1.45 bits per heavy atom. The minimum absolute atomic E-state index is 0.235. The van der Waals surface area contributed by atoms with Gasteiger partial charge in [-0.1, -0.05) is 48.5 Å². The molecule has 102 valence electrons. The van der Waals surface area contributed by atoms with Crippen LogP contribution in [0.5, 0.6) is 0 Å². The number of rotatable bonds is 3. The highest BCUT2D eigenvalue weighted by Gasteiger charge is 2.35. The Bertz CT molecular complexity index is 709. The Kier molecular flexibility index (Phi) is 3.32. The fraction of sp³-hybridized carbons (Fsp3) is 0.125. The molecule has 4 heteroatoms. The number of hydrogen-bond donors (Lipinski definition) is 1. The predicted molar refractivity (Wildman–Crippen MR) is 78.9 cm³/mol. The predicted octanol–water partition coefficient (Wildman–Crippen LogP) is 2.69. The van der Waals surface area contributed by atoms with Gasteiger partial charge in [-0.2, -0.15) is 0 Å². The third-order valence-corrected chi connectivity index (χ3v) is 5.55. The molecule has 2 atom stereocenters. The Labute approximate surface area is 118 Å². The van der Waals surface area contributed by atoms with E-state index in [4.69, 9.17) is 0 Å². The van der Waals surface area contributed by atoms with E-state index in [0.717, 1.165) is 5.56 Å². The molecule has 2 unspecified atom stereocenters. The maximum atomic E-state index is 12.7. The second-order valence-corrected chi connectivity index (χ2v) is 6.84. The van der Waals surface area contributed by atoms with Crippen molar-refractivity contribution in [2.75, 3.05) is 0 Å². The van der Waals surface area contributed by atoms with Crippen molar-refractivity contribution in [1.82, 2.24) is 5.32 Å². The van der Waals surface area contributed by atoms with Crippen LogP contribution in [0, 0.1) is 0 Å². The molecule has 0 spiro atoms. The fourth-order valence-corrected chi connectivity index (χ4v) is 4.19. The zero-order chi connectivity index (χ0) is 14.0. The molecule has 0 radical (unpaired) electrons. The summed E-state index contributed by atoms with van der Waals surface area (Å²) in [7, 11) is -3.39. The number of nitrogens with one attached hydrogen (secondary N) is 1. The van der Waals surface area contributed by atoms with E-state index in [2.05, 4.69) is 5.32 Å². The lowest BCUT2D eigenvalue weighted by molar-refractivity contribution is 0.569. The molecule has 2 aromatic carbocycles. The number of sulfone groups is 1. The first-order chi connectivity index (χ1) is 9.69. The molecule has 0 saturated heterocycles. The molecule has 1 aliphatic heterocycles. The first kappa shape index (κ1) is 12.9. The van der Waals surface area contributed by atoms with E-state index in [1.54, 1.807) is 36.5 Å². The van der Waals surface area contributed by atoms with Gasteiger partial charge >= 0.3 is 0 Å². The second-order valence-electron chi connectivity index (χ2n) is 4.74. The van der Waals surface area contributed by atoms with E-state index < -0.39 is 15.1 Å². The van der Waals surface area contributed by atoms with Crippen LogP contribution in [0.4, 0.5) is 0 Å². The van der Waals surface area contributed by atoms with Crippen molar-refractivity contribution in [1.29, 1.82) is 0 Å². The molecule has 0 saturated carbocycles. The quantitative estimate of drug-likeness (QED) is 0.943. The molecule has 3 nitrogen and oxygen atoms in total. The van der Waals surface area contributed by atoms with Gasteiger partial charge in [0.25, 0.3) is 0 Å². The summed E-state index contributed by atoms with van der Waals surface area (Å²) in [5.41, 5.74) is 0.974. The third-order valence-electron chi connectivity index (χ3n) is 3.48. The van der Waals surface area contributed by atoms with Gasteiger partial charge in [0, 0.05) is 0 Å². The van der Waals surface area contributed by atoms with Crippen LogP contribution >= 0.6 is 0 Å². The van der Waals surface area contributed by atoms with E-state index in [1.807, 2.05) is 36.4 Å². The average Bonchev–Trinajstić information content (AvgIpc) is 2.99. The van der Waals surface area contributed by atoms with Crippen molar-refractivity contribution >= 4 is 9.84 Å². The molecule has 20 heavy (non-hydrogen) atoms. The van der Waals surface area contributed by atoms with Crippen LogP contribution in [0.2, 0.25) is 0 Å². The van der Waals surface area contributed by atoms with Crippen molar-refractivity contribution in [3.63, 3.8) is 0 Å². The first-order valence-corrected chi connectivity index (χ1v) is 8.01. The van der Waals surface area contributed by atoms with Gasteiger partial charge in [0.15, 0.2) is 9.84 Å². The minimum Gasteiger partial charge on any atom is -0.383 e. The smallest absolute Gasteiger partial charge is 0.187 e. The molecule has 1 heterocycles. The van der Waals surface area contributed by atoms with E-state index in [-0.39, 0.29) is 6.04 Å². The fourth-order valence-electron chi connectivity index (χ4n) is 2.46. The highest BCUT2D eigenvalue weighted by Crippen LogP contribution is 2.30. The van der Waals surface area contributed by atoms with Crippen LogP contribution in [-0.4, -0.2) is 13.7 Å². The normalized spacial score (nSPS) is 21.6. The molecule has 0 aliphatic carbocycles. The van der Waals surface area contributed by atoms with Crippen LogP contribution in [0.1, 0.15) is 11.6 Å². The molecule has 1 aliphatic rings. The van der Waals surface area contributed by atoms with Crippen molar-refractivity contribution in [3.05, 3.63) is 78.5 Å². The van der Waals surface area contributed by atoms with Crippen molar-refractivity contribution in [2.45, 2.75) is 16.2 Å². The molecule has 1 N–H and O–H groups in total. The van der Waals surface area contributed by atoms with Gasteiger partial charge in [-0.05, 0) is 30.0 Å². The molecule has 0 aromatic heterocycles. The molecule has 0 fully saturated rings. The first-order valence-electron chi connectivity index (χ1n) is 6.46. The lowest BCUT2D eigenvalue weighted by Crippen LogP contribution is -2.29. The Hall–Kier alpha value is -2.07. The molecular formula is C16H15NO2S.